The van der Waals surface area contributed by atoms with Crippen molar-refractivity contribution in [3.63, 3.8) is 0 Å². The molecule has 8 heteroatoms. The van der Waals surface area contributed by atoms with Crippen LogP contribution in [-0.2, 0) is 0 Å². The predicted molar refractivity (Wildman–Crippen MR) is 67.9 cm³/mol. The van der Waals surface area contributed by atoms with Crippen LogP contribution in [0.2, 0.25) is 0 Å². The summed E-state index contributed by atoms with van der Waals surface area (Å²) in [5, 5.41) is 14.2. The quantitative estimate of drug-likeness (QED) is 0.725. The summed E-state index contributed by atoms with van der Waals surface area (Å²) in [7, 11) is 0. The van der Waals surface area contributed by atoms with Gasteiger partial charge in [-0.05, 0) is 17.7 Å². The molecule has 1 aliphatic rings. The lowest BCUT2D eigenvalue weighted by Gasteiger charge is -2.02. The molecule has 1 aromatic carbocycles. The number of hydrogen-bond donors (Lipinski definition) is 2. The number of nitrogen functional groups attached to an aromatic ring is 1. The lowest BCUT2D eigenvalue weighted by atomic mass is 10.0. The van der Waals surface area contributed by atoms with E-state index in [2.05, 4.69) is 20.6 Å². The lowest BCUT2D eigenvalue weighted by Crippen LogP contribution is -1.92. The molecular formula is C12H9N5O3. The van der Waals surface area contributed by atoms with Gasteiger partial charge in [0.1, 0.15) is 11.4 Å². The Labute approximate surface area is 112 Å². The van der Waals surface area contributed by atoms with E-state index in [-0.39, 0.29) is 12.7 Å². The van der Waals surface area contributed by atoms with E-state index in [1.807, 2.05) is 18.2 Å². The van der Waals surface area contributed by atoms with E-state index >= 15 is 0 Å². The minimum Gasteiger partial charge on any atom is -0.454 e. The van der Waals surface area contributed by atoms with Gasteiger partial charge < -0.3 is 19.7 Å². The highest BCUT2D eigenvalue weighted by atomic mass is 16.7. The molecule has 3 heterocycles. The zero-order valence-electron chi connectivity index (χ0n) is 10.2. The van der Waals surface area contributed by atoms with Crippen LogP contribution in [0.25, 0.3) is 22.5 Å². The van der Waals surface area contributed by atoms with Gasteiger partial charge in [-0.3, -0.25) is 0 Å². The Morgan fingerprint density at radius 3 is 2.95 bits per heavy atom. The summed E-state index contributed by atoms with van der Waals surface area (Å²) in [6, 6.07) is 5.51. The number of hydrogen-bond acceptors (Lipinski definition) is 7. The zero-order chi connectivity index (χ0) is 13.5. The molecule has 0 saturated carbocycles. The van der Waals surface area contributed by atoms with Crippen molar-refractivity contribution in [1.29, 1.82) is 0 Å². The standard InChI is InChI=1S/C12H9N5O3/c13-12-10(11(16-20-12)7-4-14-17-15-7)6-1-2-8-9(3-6)19-5-18-8/h1-4H,5,13H2,(H,14,15,17). The monoisotopic (exact) mass is 271 g/mol. The molecule has 3 aromatic rings. The summed E-state index contributed by atoms with van der Waals surface area (Å²) in [4.78, 5) is 0. The second kappa shape index (κ2) is 3.98. The zero-order valence-corrected chi connectivity index (χ0v) is 10.2. The van der Waals surface area contributed by atoms with E-state index in [1.54, 1.807) is 6.20 Å². The first-order valence-electron chi connectivity index (χ1n) is 5.84. The van der Waals surface area contributed by atoms with Crippen molar-refractivity contribution in [2.24, 2.45) is 0 Å². The first-order chi connectivity index (χ1) is 9.83. The summed E-state index contributed by atoms with van der Waals surface area (Å²) < 4.78 is 15.7. The van der Waals surface area contributed by atoms with Crippen LogP contribution in [0.3, 0.4) is 0 Å². The third kappa shape index (κ3) is 1.51. The van der Waals surface area contributed by atoms with Crippen LogP contribution < -0.4 is 15.2 Å². The summed E-state index contributed by atoms with van der Waals surface area (Å²) in [6.45, 7) is 0.216. The maximum atomic E-state index is 5.87. The summed E-state index contributed by atoms with van der Waals surface area (Å²) in [6.07, 6.45) is 1.55. The molecule has 0 bridgehead atoms. The summed E-state index contributed by atoms with van der Waals surface area (Å²) in [5.74, 6) is 1.57. The second-order valence-electron chi connectivity index (χ2n) is 4.19. The van der Waals surface area contributed by atoms with Gasteiger partial charge in [-0.25, -0.2) is 0 Å². The number of benzene rings is 1. The Morgan fingerprint density at radius 1 is 1.20 bits per heavy atom. The largest absolute Gasteiger partial charge is 0.454 e. The number of ether oxygens (including phenoxy) is 2. The van der Waals surface area contributed by atoms with Gasteiger partial charge in [0.05, 0.1) is 11.8 Å². The third-order valence-corrected chi connectivity index (χ3v) is 3.04. The molecule has 0 saturated heterocycles. The maximum absolute atomic E-state index is 5.87. The minimum atomic E-state index is 0.210. The molecule has 0 amide bonds. The Kier molecular flexibility index (Phi) is 2.16. The van der Waals surface area contributed by atoms with Crippen molar-refractivity contribution >= 4 is 5.88 Å². The fraction of sp³-hybridized carbons (Fsp3) is 0.0833. The van der Waals surface area contributed by atoms with Gasteiger partial charge in [0, 0.05) is 0 Å². The maximum Gasteiger partial charge on any atom is 0.231 e. The molecule has 2 aromatic heterocycles. The van der Waals surface area contributed by atoms with Crippen molar-refractivity contribution in [3.8, 4) is 34.0 Å². The van der Waals surface area contributed by atoms with E-state index in [0.29, 0.717) is 28.5 Å². The number of nitrogens with two attached hydrogens (primary N) is 1. The van der Waals surface area contributed by atoms with Crippen LogP contribution in [0.5, 0.6) is 11.5 Å². The molecule has 0 unspecified atom stereocenters. The number of rotatable bonds is 2. The van der Waals surface area contributed by atoms with Crippen LogP contribution >= 0.6 is 0 Å². The van der Waals surface area contributed by atoms with Gasteiger partial charge >= 0.3 is 0 Å². The summed E-state index contributed by atoms with van der Waals surface area (Å²) >= 11 is 0. The molecule has 1 aliphatic heterocycles. The van der Waals surface area contributed by atoms with Gasteiger partial charge in [0.2, 0.25) is 12.7 Å². The van der Waals surface area contributed by atoms with Gasteiger partial charge in [0.15, 0.2) is 11.5 Å². The van der Waals surface area contributed by atoms with Crippen molar-refractivity contribution < 1.29 is 14.0 Å². The molecule has 0 atom stereocenters. The Bertz CT molecular complexity index is 766. The fourth-order valence-corrected chi connectivity index (χ4v) is 2.12. The van der Waals surface area contributed by atoms with Crippen molar-refractivity contribution in [1.82, 2.24) is 20.6 Å². The van der Waals surface area contributed by atoms with E-state index in [9.17, 15) is 0 Å². The number of aromatic amines is 1. The van der Waals surface area contributed by atoms with Crippen LogP contribution in [0.4, 0.5) is 5.88 Å². The highest BCUT2D eigenvalue weighted by molar-refractivity contribution is 5.86. The van der Waals surface area contributed by atoms with Crippen LogP contribution in [0, 0.1) is 0 Å². The van der Waals surface area contributed by atoms with Gasteiger partial charge in [-0.2, -0.15) is 15.4 Å². The first kappa shape index (κ1) is 10.9. The van der Waals surface area contributed by atoms with Gasteiger partial charge in [0.25, 0.3) is 0 Å². The van der Waals surface area contributed by atoms with Crippen molar-refractivity contribution in [2.75, 3.05) is 12.5 Å². The number of nitrogens with zero attached hydrogens (tertiary/aromatic N) is 3. The van der Waals surface area contributed by atoms with Crippen LogP contribution in [0.15, 0.2) is 28.9 Å². The molecule has 0 radical (unpaired) electrons. The SMILES string of the molecule is Nc1onc(-c2cn[nH]n2)c1-c1ccc2c(c1)OCO2. The van der Waals surface area contributed by atoms with Crippen molar-refractivity contribution in [3.05, 3.63) is 24.4 Å². The highest BCUT2D eigenvalue weighted by Crippen LogP contribution is 2.40. The molecule has 3 N–H and O–H groups in total. The number of fused-ring (bicyclic) bond motifs is 1. The molecule has 0 spiro atoms. The number of anilines is 1. The van der Waals surface area contributed by atoms with E-state index in [1.165, 1.54) is 0 Å². The second-order valence-corrected chi connectivity index (χ2v) is 4.19. The van der Waals surface area contributed by atoms with Crippen LogP contribution in [0.1, 0.15) is 0 Å². The molecule has 8 nitrogen and oxygen atoms in total. The van der Waals surface area contributed by atoms with Gasteiger partial charge in [-0.15, -0.1) is 0 Å². The summed E-state index contributed by atoms with van der Waals surface area (Å²) in [5.41, 5.74) is 8.40. The highest BCUT2D eigenvalue weighted by Gasteiger charge is 2.22. The lowest BCUT2D eigenvalue weighted by molar-refractivity contribution is 0.174. The number of H-pyrrole nitrogens is 1. The third-order valence-electron chi connectivity index (χ3n) is 3.04. The first-order valence-corrected chi connectivity index (χ1v) is 5.84. The smallest absolute Gasteiger partial charge is 0.231 e. The van der Waals surface area contributed by atoms with Gasteiger partial charge in [-0.1, -0.05) is 11.2 Å². The van der Waals surface area contributed by atoms with E-state index in [4.69, 9.17) is 19.7 Å². The van der Waals surface area contributed by atoms with Crippen molar-refractivity contribution in [2.45, 2.75) is 0 Å². The number of nitrogens with one attached hydrogen (secondary N) is 1. The van der Waals surface area contributed by atoms with E-state index in [0.717, 1.165) is 5.56 Å². The molecular weight excluding hydrogens is 262 g/mol. The minimum absolute atomic E-state index is 0.210. The van der Waals surface area contributed by atoms with Crippen LogP contribution in [-0.4, -0.2) is 27.4 Å². The average molecular weight is 271 g/mol. The predicted octanol–water partition coefficient (Wildman–Crippen LogP) is 1.44. The molecule has 100 valence electrons. The van der Waals surface area contributed by atoms with E-state index < -0.39 is 0 Å². The number of aromatic nitrogens is 4. The Morgan fingerprint density at radius 2 is 2.10 bits per heavy atom. The normalized spacial score (nSPS) is 12.8. The molecule has 0 aliphatic carbocycles. The topological polar surface area (TPSA) is 112 Å². The molecule has 4 rings (SSSR count). The Hall–Kier alpha value is -3.03. The Balaban J connectivity index is 1.88. The fourth-order valence-electron chi connectivity index (χ4n) is 2.12. The molecule has 0 fully saturated rings. The molecule has 20 heavy (non-hydrogen) atoms. The average Bonchev–Trinajstić information content (AvgIpc) is 3.17.